The highest BCUT2D eigenvalue weighted by Gasteiger charge is 2.05. The molecule has 1 aromatic rings. The predicted molar refractivity (Wildman–Crippen MR) is 78.1 cm³/mol. The SMILES string of the molecule is C=C/C=C\C(=C/C)SN(C)c1ccc(C)s1. The summed E-state index contributed by atoms with van der Waals surface area (Å²) in [7, 11) is 2.08. The zero-order chi connectivity index (χ0) is 12.0. The Bertz CT molecular complexity index is 402. The van der Waals surface area contributed by atoms with Gasteiger partial charge in [0.2, 0.25) is 0 Å². The van der Waals surface area contributed by atoms with E-state index in [1.165, 1.54) is 14.8 Å². The normalized spacial score (nSPS) is 12.1. The monoisotopic (exact) mass is 251 g/mol. The average molecular weight is 251 g/mol. The molecule has 0 unspecified atom stereocenters. The van der Waals surface area contributed by atoms with E-state index in [9.17, 15) is 0 Å². The molecule has 0 aliphatic heterocycles. The molecule has 1 rings (SSSR count). The van der Waals surface area contributed by atoms with Crippen molar-refractivity contribution in [1.82, 2.24) is 0 Å². The van der Waals surface area contributed by atoms with Crippen LogP contribution in [0.25, 0.3) is 0 Å². The lowest BCUT2D eigenvalue weighted by atomic mass is 10.4. The van der Waals surface area contributed by atoms with Crippen molar-refractivity contribution in [2.75, 3.05) is 11.4 Å². The summed E-state index contributed by atoms with van der Waals surface area (Å²) >= 11 is 3.53. The van der Waals surface area contributed by atoms with Crippen LogP contribution in [0.2, 0.25) is 0 Å². The summed E-state index contributed by atoms with van der Waals surface area (Å²) in [5.74, 6) is 0. The zero-order valence-electron chi connectivity index (χ0n) is 9.93. The Morgan fingerprint density at radius 1 is 1.50 bits per heavy atom. The summed E-state index contributed by atoms with van der Waals surface area (Å²) in [6.45, 7) is 7.84. The minimum absolute atomic E-state index is 1.22. The first-order valence-electron chi connectivity index (χ1n) is 5.11. The third-order valence-electron chi connectivity index (χ3n) is 1.96. The quantitative estimate of drug-likeness (QED) is 0.547. The molecule has 1 nitrogen and oxygen atoms in total. The van der Waals surface area contributed by atoms with Crippen LogP contribution in [0.4, 0.5) is 5.00 Å². The maximum atomic E-state index is 3.67. The van der Waals surface area contributed by atoms with E-state index >= 15 is 0 Å². The summed E-state index contributed by atoms with van der Waals surface area (Å²) in [5.41, 5.74) is 0. The summed E-state index contributed by atoms with van der Waals surface area (Å²) in [4.78, 5) is 2.56. The van der Waals surface area contributed by atoms with Crippen molar-refractivity contribution in [2.24, 2.45) is 0 Å². The fraction of sp³-hybridized carbons (Fsp3) is 0.231. The Balaban J connectivity index is 2.66. The van der Waals surface area contributed by atoms with Crippen LogP contribution in [-0.4, -0.2) is 7.05 Å². The number of thiophene rings is 1. The second-order valence-corrected chi connectivity index (χ2v) is 5.73. The highest BCUT2D eigenvalue weighted by molar-refractivity contribution is 8.04. The van der Waals surface area contributed by atoms with Crippen LogP contribution in [0, 0.1) is 6.92 Å². The lowest BCUT2D eigenvalue weighted by Crippen LogP contribution is -2.03. The molecule has 1 heterocycles. The Morgan fingerprint density at radius 3 is 2.75 bits per heavy atom. The van der Waals surface area contributed by atoms with Crippen molar-refractivity contribution in [3.8, 4) is 0 Å². The Kier molecular flexibility index (Phi) is 5.43. The molecular weight excluding hydrogens is 234 g/mol. The maximum Gasteiger partial charge on any atom is 0.101 e. The molecule has 0 aromatic carbocycles. The molecule has 3 heteroatoms. The highest BCUT2D eigenvalue weighted by atomic mass is 32.2. The third kappa shape index (κ3) is 3.91. The molecule has 0 atom stereocenters. The number of aryl methyl sites for hydroxylation is 1. The molecule has 1 aromatic heterocycles. The van der Waals surface area contributed by atoms with Crippen molar-refractivity contribution in [3.05, 3.63) is 52.8 Å². The van der Waals surface area contributed by atoms with E-state index in [4.69, 9.17) is 0 Å². The molecule has 0 aliphatic carbocycles. The van der Waals surface area contributed by atoms with Crippen molar-refractivity contribution in [1.29, 1.82) is 0 Å². The number of rotatable bonds is 5. The van der Waals surface area contributed by atoms with E-state index in [2.05, 4.69) is 49.1 Å². The van der Waals surface area contributed by atoms with Gasteiger partial charge in [0.1, 0.15) is 5.00 Å². The van der Waals surface area contributed by atoms with E-state index in [1.54, 1.807) is 29.4 Å². The van der Waals surface area contributed by atoms with Gasteiger partial charge in [-0.15, -0.1) is 11.3 Å². The van der Waals surface area contributed by atoms with Crippen LogP contribution >= 0.6 is 23.3 Å². The van der Waals surface area contributed by atoms with E-state index in [-0.39, 0.29) is 0 Å². The van der Waals surface area contributed by atoms with E-state index in [0.717, 1.165) is 0 Å². The van der Waals surface area contributed by atoms with Gasteiger partial charge in [-0.1, -0.05) is 24.8 Å². The lowest BCUT2D eigenvalue weighted by molar-refractivity contribution is 1.41. The molecule has 0 radical (unpaired) electrons. The first-order valence-corrected chi connectivity index (χ1v) is 6.70. The van der Waals surface area contributed by atoms with Gasteiger partial charge in [-0.25, -0.2) is 0 Å². The van der Waals surface area contributed by atoms with Gasteiger partial charge >= 0.3 is 0 Å². The maximum absolute atomic E-state index is 3.67. The van der Waals surface area contributed by atoms with Gasteiger partial charge in [-0.05, 0) is 44.0 Å². The summed E-state index contributed by atoms with van der Waals surface area (Å²) in [6.07, 6.45) is 7.91. The van der Waals surface area contributed by atoms with Crippen LogP contribution in [0.1, 0.15) is 11.8 Å². The third-order valence-corrected chi connectivity index (χ3v) is 4.21. The Morgan fingerprint density at radius 2 is 2.25 bits per heavy atom. The molecule has 0 bridgehead atoms. The molecule has 0 saturated heterocycles. The summed E-state index contributed by atoms with van der Waals surface area (Å²) < 4.78 is 2.18. The fourth-order valence-corrected chi connectivity index (χ4v) is 2.80. The molecular formula is C13H17NS2. The number of hydrogen-bond acceptors (Lipinski definition) is 3. The molecule has 0 amide bonds. The molecule has 0 N–H and O–H groups in total. The largest absolute Gasteiger partial charge is 0.307 e. The Hall–Kier alpha value is -0.930. The van der Waals surface area contributed by atoms with Crippen LogP contribution in [0.15, 0.2) is 47.9 Å². The Labute approximate surface area is 106 Å². The van der Waals surface area contributed by atoms with Crippen LogP contribution in [0.3, 0.4) is 0 Å². The van der Waals surface area contributed by atoms with Gasteiger partial charge in [-0.2, -0.15) is 0 Å². The van der Waals surface area contributed by atoms with Gasteiger partial charge in [-0.3, -0.25) is 0 Å². The second kappa shape index (κ2) is 6.61. The topological polar surface area (TPSA) is 3.24 Å². The molecule has 16 heavy (non-hydrogen) atoms. The number of nitrogens with zero attached hydrogens (tertiary/aromatic N) is 1. The van der Waals surface area contributed by atoms with E-state index in [0.29, 0.717) is 0 Å². The van der Waals surface area contributed by atoms with Crippen LogP contribution < -0.4 is 4.31 Å². The minimum atomic E-state index is 1.22. The van der Waals surface area contributed by atoms with Gasteiger partial charge in [0, 0.05) is 16.8 Å². The first kappa shape index (κ1) is 13.1. The fourth-order valence-electron chi connectivity index (χ4n) is 1.14. The molecule has 86 valence electrons. The number of anilines is 1. The van der Waals surface area contributed by atoms with Crippen LogP contribution in [0.5, 0.6) is 0 Å². The predicted octanol–water partition coefficient (Wildman–Crippen LogP) is 4.79. The van der Waals surface area contributed by atoms with Crippen molar-refractivity contribution in [3.63, 3.8) is 0 Å². The molecule has 0 saturated carbocycles. The molecule has 0 aliphatic rings. The van der Waals surface area contributed by atoms with Gasteiger partial charge in [0.15, 0.2) is 0 Å². The van der Waals surface area contributed by atoms with Crippen molar-refractivity contribution >= 4 is 28.3 Å². The van der Waals surface area contributed by atoms with E-state index in [1.807, 2.05) is 13.0 Å². The van der Waals surface area contributed by atoms with Gasteiger partial charge in [0.25, 0.3) is 0 Å². The standard InChI is InChI=1S/C13H17NS2/c1-5-7-8-12(6-2)16-14(4)13-10-9-11(3)15-13/h5-10H,1H2,2-4H3/b8-7-,12-6+. The summed E-state index contributed by atoms with van der Waals surface area (Å²) in [6, 6.07) is 4.30. The zero-order valence-corrected chi connectivity index (χ0v) is 11.6. The average Bonchev–Trinajstić information content (AvgIpc) is 2.70. The number of hydrogen-bond donors (Lipinski definition) is 0. The first-order chi connectivity index (χ1) is 7.67. The van der Waals surface area contributed by atoms with Crippen LogP contribution in [-0.2, 0) is 0 Å². The minimum Gasteiger partial charge on any atom is -0.307 e. The van der Waals surface area contributed by atoms with E-state index < -0.39 is 0 Å². The highest BCUT2D eigenvalue weighted by Crippen LogP contribution is 2.32. The number of allylic oxidation sites excluding steroid dienone is 4. The smallest absolute Gasteiger partial charge is 0.101 e. The van der Waals surface area contributed by atoms with Crippen molar-refractivity contribution < 1.29 is 0 Å². The van der Waals surface area contributed by atoms with Gasteiger partial charge < -0.3 is 4.31 Å². The van der Waals surface area contributed by atoms with Gasteiger partial charge in [0.05, 0.1) is 0 Å². The lowest BCUT2D eigenvalue weighted by Gasteiger charge is -2.15. The van der Waals surface area contributed by atoms with Crippen molar-refractivity contribution in [2.45, 2.75) is 13.8 Å². The molecule has 0 fully saturated rings. The molecule has 0 spiro atoms. The summed E-state index contributed by atoms with van der Waals surface area (Å²) in [5, 5.41) is 1.27. The second-order valence-electron chi connectivity index (χ2n) is 3.26.